The monoisotopic (exact) mass is 413 g/mol. The molecule has 1 amide bonds. The number of carboxylic acids is 1. The molecule has 0 saturated carbocycles. The van der Waals surface area contributed by atoms with Crippen molar-refractivity contribution in [2.24, 2.45) is 0 Å². The molecule has 2 N–H and O–H groups in total. The van der Waals surface area contributed by atoms with Crippen LogP contribution >= 0.6 is 0 Å². The van der Waals surface area contributed by atoms with Crippen LogP contribution in [0.15, 0.2) is 48.5 Å². The summed E-state index contributed by atoms with van der Waals surface area (Å²) in [5.74, 6) is -0.602. The van der Waals surface area contributed by atoms with Crippen molar-refractivity contribution in [1.29, 1.82) is 0 Å². The van der Waals surface area contributed by atoms with E-state index in [9.17, 15) is 14.7 Å². The lowest BCUT2D eigenvalue weighted by Crippen LogP contribution is -2.37. The molecule has 30 heavy (non-hydrogen) atoms. The van der Waals surface area contributed by atoms with Crippen molar-refractivity contribution in [3.63, 3.8) is 0 Å². The van der Waals surface area contributed by atoms with Crippen molar-refractivity contribution in [2.75, 3.05) is 13.2 Å². The lowest BCUT2D eigenvalue weighted by molar-refractivity contribution is -0.150. The Morgan fingerprint density at radius 3 is 2.13 bits per heavy atom. The van der Waals surface area contributed by atoms with Gasteiger partial charge in [-0.3, -0.25) is 4.79 Å². The number of carbonyl (C=O) groups is 2. The maximum Gasteiger partial charge on any atom is 0.333 e. The molecule has 0 aromatic heterocycles. The Morgan fingerprint density at radius 2 is 1.57 bits per heavy atom. The first-order valence-corrected chi connectivity index (χ1v) is 10.4. The number of ether oxygens (including phenoxy) is 2. The van der Waals surface area contributed by atoms with Crippen LogP contribution in [0.3, 0.4) is 0 Å². The van der Waals surface area contributed by atoms with Gasteiger partial charge in [-0.2, -0.15) is 0 Å². The normalized spacial score (nSPS) is 12.8. The van der Waals surface area contributed by atoms with E-state index >= 15 is 0 Å². The number of benzene rings is 2. The summed E-state index contributed by atoms with van der Waals surface area (Å²) >= 11 is 0. The van der Waals surface area contributed by atoms with Gasteiger partial charge in [-0.15, -0.1) is 0 Å². The van der Waals surface area contributed by atoms with E-state index in [1.54, 1.807) is 38.1 Å². The molecule has 6 nitrogen and oxygen atoms in total. The lowest BCUT2D eigenvalue weighted by Gasteiger charge is -2.16. The average Bonchev–Trinajstić information content (AvgIpc) is 2.75. The average molecular weight is 414 g/mol. The molecule has 0 heterocycles. The standard InChI is InChI=1S/C24H31NO5/c1-4-18-6-8-19(9-7-18)14-15-25-23(26)17(3)30-21-12-10-20(11-13-21)16-22(24(27)28)29-5-2/h6-13,17,22H,4-5,14-16H2,1-3H3,(H,25,26)(H,27,28)/t17-,22+/m1/s1. The van der Waals surface area contributed by atoms with Gasteiger partial charge in [-0.25, -0.2) is 4.79 Å². The van der Waals surface area contributed by atoms with Crippen LogP contribution in [0.2, 0.25) is 0 Å². The van der Waals surface area contributed by atoms with Gasteiger partial charge in [0.1, 0.15) is 5.75 Å². The minimum Gasteiger partial charge on any atom is -0.481 e. The Labute approximate surface area is 178 Å². The maximum atomic E-state index is 12.3. The number of carboxylic acid groups (broad SMARTS) is 1. The largest absolute Gasteiger partial charge is 0.481 e. The minimum absolute atomic E-state index is 0.174. The molecule has 0 aliphatic carbocycles. The predicted octanol–water partition coefficient (Wildman–Crippen LogP) is 3.41. The smallest absolute Gasteiger partial charge is 0.333 e. The molecule has 0 saturated heterocycles. The zero-order valence-electron chi connectivity index (χ0n) is 17.9. The van der Waals surface area contributed by atoms with Crippen LogP contribution in [0.5, 0.6) is 5.75 Å². The highest BCUT2D eigenvalue weighted by Gasteiger charge is 2.18. The highest BCUT2D eigenvalue weighted by Crippen LogP contribution is 2.16. The second-order valence-electron chi connectivity index (χ2n) is 7.10. The summed E-state index contributed by atoms with van der Waals surface area (Å²) in [6.45, 7) is 6.48. The van der Waals surface area contributed by atoms with Gasteiger partial charge in [-0.1, -0.05) is 43.3 Å². The van der Waals surface area contributed by atoms with E-state index in [0.29, 0.717) is 18.9 Å². The van der Waals surface area contributed by atoms with Gasteiger partial charge in [0.15, 0.2) is 12.2 Å². The van der Waals surface area contributed by atoms with Crippen molar-refractivity contribution >= 4 is 11.9 Å². The summed E-state index contributed by atoms with van der Waals surface area (Å²) in [5, 5.41) is 12.1. The molecule has 0 bridgehead atoms. The number of amides is 1. The van der Waals surface area contributed by atoms with Gasteiger partial charge in [0, 0.05) is 19.6 Å². The molecule has 2 rings (SSSR count). The van der Waals surface area contributed by atoms with E-state index in [4.69, 9.17) is 9.47 Å². The minimum atomic E-state index is -0.983. The van der Waals surface area contributed by atoms with E-state index in [1.165, 1.54) is 11.1 Å². The topological polar surface area (TPSA) is 84.9 Å². The zero-order chi connectivity index (χ0) is 21.9. The fraction of sp³-hybridized carbons (Fsp3) is 0.417. The maximum absolute atomic E-state index is 12.3. The number of rotatable bonds is 12. The molecule has 0 unspecified atom stereocenters. The highest BCUT2D eigenvalue weighted by molar-refractivity contribution is 5.80. The molecular weight excluding hydrogens is 382 g/mol. The van der Waals surface area contributed by atoms with Gasteiger partial charge >= 0.3 is 5.97 Å². The van der Waals surface area contributed by atoms with Gasteiger partial charge in [0.05, 0.1) is 0 Å². The quantitative estimate of drug-likeness (QED) is 0.557. The van der Waals surface area contributed by atoms with Crippen molar-refractivity contribution in [2.45, 2.75) is 52.2 Å². The molecule has 2 aromatic rings. The zero-order valence-corrected chi connectivity index (χ0v) is 17.9. The van der Waals surface area contributed by atoms with Crippen LogP contribution in [-0.4, -0.2) is 42.3 Å². The molecule has 6 heteroatoms. The van der Waals surface area contributed by atoms with Crippen molar-refractivity contribution < 1.29 is 24.2 Å². The Kier molecular flexibility index (Phi) is 9.35. The molecule has 2 aromatic carbocycles. The van der Waals surface area contributed by atoms with Crippen molar-refractivity contribution in [3.05, 3.63) is 65.2 Å². The van der Waals surface area contributed by atoms with Crippen molar-refractivity contribution in [3.8, 4) is 5.75 Å². The van der Waals surface area contributed by atoms with Crippen LogP contribution < -0.4 is 10.1 Å². The van der Waals surface area contributed by atoms with E-state index < -0.39 is 18.2 Å². The molecular formula is C24H31NO5. The summed E-state index contributed by atoms with van der Waals surface area (Å²) in [4.78, 5) is 23.5. The molecule has 0 aliphatic rings. The summed E-state index contributed by atoms with van der Waals surface area (Å²) in [5.41, 5.74) is 3.31. The Hall–Kier alpha value is -2.86. The third-order valence-corrected chi connectivity index (χ3v) is 4.81. The van der Waals surface area contributed by atoms with Crippen LogP contribution in [0.4, 0.5) is 0 Å². The third-order valence-electron chi connectivity index (χ3n) is 4.81. The fourth-order valence-corrected chi connectivity index (χ4v) is 3.01. The second kappa shape index (κ2) is 12.0. The Balaban J connectivity index is 1.79. The Bertz CT molecular complexity index is 801. The molecule has 0 radical (unpaired) electrons. The highest BCUT2D eigenvalue weighted by atomic mass is 16.5. The van der Waals surface area contributed by atoms with Crippen molar-refractivity contribution in [1.82, 2.24) is 5.32 Å². The number of carbonyl (C=O) groups excluding carboxylic acids is 1. The van der Waals surface area contributed by atoms with E-state index in [1.807, 2.05) is 0 Å². The first kappa shape index (κ1) is 23.4. The number of hydrogen-bond acceptors (Lipinski definition) is 4. The van der Waals surface area contributed by atoms with Gasteiger partial charge < -0.3 is 19.9 Å². The molecule has 162 valence electrons. The van der Waals surface area contributed by atoms with Crippen LogP contribution in [-0.2, 0) is 33.6 Å². The summed E-state index contributed by atoms with van der Waals surface area (Å²) in [6, 6.07) is 15.4. The SMILES string of the molecule is CCO[C@@H](Cc1ccc(O[C@H](C)C(=O)NCCc2ccc(CC)cc2)cc1)C(=O)O. The first-order chi connectivity index (χ1) is 14.4. The van der Waals surface area contributed by atoms with Gasteiger partial charge in [0.2, 0.25) is 0 Å². The molecule has 0 fully saturated rings. The molecule has 0 aliphatic heterocycles. The van der Waals surface area contributed by atoms with Gasteiger partial charge in [-0.05, 0) is 55.5 Å². The number of aliphatic carboxylic acids is 1. The summed E-state index contributed by atoms with van der Waals surface area (Å²) in [6.07, 6.45) is 0.554. The first-order valence-electron chi connectivity index (χ1n) is 10.4. The van der Waals surface area contributed by atoms with Crippen LogP contribution in [0, 0.1) is 0 Å². The number of nitrogens with one attached hydrogen (secondary N) is 1. The lowest BCUT2D eigenvalue weighted by atomic mass is 10.1. The van der Waals surface area contributed by atoms with Crippen LogP contribution in [0.25, 0.3) is 0 Å². The van der Waals surface area contributed by atoms with E-state index in [2.05, 4.69) is 36.5 Å². The number of hydrogen-bond donors (Lipinski definition) is 2. The number of aryl methyl sites for hydroxylation is 1. The molecule has 2 atom stereocenters. The van der Waals surface area contributed by atoms with E-state index in [-0.39, 0.29) is 12.3 Å². The van der Waals surface area contributed by atoms with Crippen LogP contribution in [0.1, 0.15) is 37.5 Å². The fourth-order valence-electron chi connectivity index (χ4n) is 3.01. The Morgan fingerprint density at radius 1 is 0.967 bits per heavy atom. The van der Waals surface area contributed by atoms with E-state index in [0.717, 1.165) is 18.4 Å². The summed E-state index contributed by atoms with van der Waals surface area (Å²) < 4.78 is 10.9. The van der Waals surface area contributed by atoms with Gasteiger partial charge in [0.25, 0.3) is 5.91 Å². The second-order valence-corrected chi connectivity index (χ2v) is 7.10. The predicted molar refractivity (Wildman–Crippen MR) is 116 cm³/mol. The molecule has 0 spiro atoms. The third kappa shape index (κ3) is 7.52. The summed E-state index contributed by atoms with van der Waals surface area (Å²) in [7, 11) is 0.